The zero-order valence-electron chi connectivity index (χ0n) is 14.6. The lowest BCUT2D eigenvalue weighted by molar-refractivity contribution is -0.384. The lowest BCUT2D eigenvalue weighted by Gasteiger charge is -1.93. The van der Waals surface area contributed by atoms with Crippen LogP contribution < -0.4 is 0 Å². The molecule has 0 aromatic heterocycles. The predicted molar refractivity (Wildman–Crippen MR) is 94.6 cm³/mol. The molecule has 26 heavy (non-hydrogen) atoms. The number of hydrogen-bond acceptors (Lipinski definition) is 6. The number of benzene rings is 2. The molecule has 2 rings (SSSR count). The van der Waals surface area contributed by atoms with Crippen molar-refractivity contribution in [2.75, 3.05) is 0 Å². The van der Waals surface area contributed by atoms with Gasteiger partial charge >= 0.3 is 22.7 Å². The fourth-order valence-electron chi connectivity index (χ4n) is 2.41. The van der Waals surface area contributed by atoms with Gasteiger partial charge in [0.15, 0.2) is 9.95 Å². The first-order chi connectivity index (χ1) is 12.1. The predicted octanol–water partition coefficient (Wildman–Crippen LogP) is 5.39. The van der Waals surface area contributed by atoms with Crippen LogP contribution in [0, 0.1) is 58.7 Å². The lowest BCUT2D eigenvalue weighted by atomic mass is 10.1. The standard InChI is InChI=1S/2C8H8N3O2/c2*1-5-3-6(2)8(10-9)7(4-5)11(12)13/h2*3-4H,1-2H3/q2*+1. The third kappa shape index (κ3) is 4.55. The van der Waals surface area contributed by atoms with Gasteiger partial charge in [0, 0.05) is 12.1 Å². The monoisotopic (exact) mass is 356 g/mol. The van der Waals surface area contributed by atoms with Crippen LogP contribution in [-0.2, 0) is 0 Å². The van der Waals surface area contributed by atoms with Gasteiger partial charge in [-0.2, -0.15) is 0 Å². The molecule has 0 aliphatic heterocycles. The number of rotatable bonds is 2. The molecule has 0 N–H and O–H groups in total. The smallest absolute Gasteiger partial charge is 0.258 e. The van der Waals surface area contributed by atoms with Crippen molar-refractivity contribution in [1.82, 2.24) is 0 Å². The normalized spacial score (nSPS) is 9.31. The van der Waals surface area contributed by atoms with Crippen molar-refractivity contribution in [2.24, 2.45) is 0 Å². The molecule has 0 bridgehead atoms. The number of nitro groups is 2. The Kier molecular flexibility index (Phi) is 6.39. The molecular formula is C16H16N6O4+2. The summed E-state index contributed by atoms with van der Waals surface area (Å²) in [4.78, 5) is 25.7. The van der Waals surface area contributed by atoms with Crippen molar-refractivity contribution in [2.45, 2.75) is 27.7 Å². The highest BCUT2D eigenvalue weighted by atomic mass is 16.6. The molecule has 0 unspecified atom stereocenters. The van der Waals surface area contributed by atoms with Gasteiger partial charge in [-0.15, -0.1) is 0 Å². The SMILES string of the molecule is Cc1cc(C)c([N+]#N)c([N+](=O)[O-])c1.Cc1cc(C)c([N+]#N)c([N+](=O)[O-])c1. The maximum absolute atomic E-state index is 10.5. The number of nitro benzene ring substituents is 2. The first kappa shape index (κ1) is 20.1. The van der Waals surface area contributed by atoms with Crippen molar-refractivity contribution in [1.29, 1.82) is 10.8 Å². The third-order valence-corrected chi connectivity index (χ3v) is 3.44. The van der Waals surface area contributed by atoms with Gasteiger partial charge < -0.3 is 0 Å². The lowest BCUT2D eigenvalue weighted by Crippen LogP contribution is -1.90. The molecule has 2 aromatic carbocycles. The summed E-state index contributed by atoms with van der Waals surface area (Å²) in [6, 6.07) is 6.20. The van der Waals surface area contributed by atoms with Crippen LogP contribution in [0.15, 0.2) is 24.3 Å². The van der Waals surface area contributed by atoms with E-state index in [1.54, 1.807) is 39.8 Å². The fourth-order valence-corrected chi connectivity index (χ4v) is 2.41. The Bertz CT molecular complexity index is 893. The quantitative estimate of drug-likeness (QED) is 0.401. The topological polar surface area (TPSA) is 143 Å². The minimum Gasteiger partial charge on any atom is -0.258 e. The number of nitrogens with zero attached hydrogens (tertiary/aromatic N) is 6. The summed E-state index contributed by atoms with van der Waals surface area (Å²) >= 11 is 0. The van der Waals surface area contributed by atoms with Crippen molar-refractivity contribution >= 4 is 22.7 Å². The van der Waals surface area contributed by atoms with E-state index in [-0.39, 0.29) is 22.7 Å². The van der Waals surface area contributed by atoms with Crippen LogP contribution in [0.1, 0.15) is 22.3 Å². The van der Waals surface area contributed by atoms with E-state index < -0.39 is 9.85 Å². The maximum atomic E-state index is 10.5. The second-order valence-electron chi connectivity index (χ2n) is 5.61. The molecule has 0 radical (unpaired) electrons. The summed E-state index contributed by atoms with van der Waals surface area (Å²) in [6.45, 7) is 6.83. The molecule has 0 atom stereocenters. The minimum absolute atomic E-state index is 0.0237. The Balaban J connectivity index is 0.000000260. The molecule has 0 aliphatic rings. The van der Waals surface area contributed by atoms with Crippen molar-refractivity contribution in [3.05, 3.63) is 76.7 Å². The van der Waals surface area contributed by atoms with Crippen LogP contribution in [0.4, 0.5) is 22.7 Å². The van der Waals surface area contributed by atoms with E-state index in [1.165, 1.54) is 12.1 Å². The fraction of sp³-hybridized carbons (Fsp3) is 0.250. The van der Waals surface area contributed by atoms with Crippen molar-refractivity contribution in [3.8, 4) is 0 Å². The molecule has 0 spiro atoms. The van der Waals surface area contributed by atoms with E-state index in [1.807, 2.05) is 0 Å². The van der Waals surface area contributed by atoms with Crippen molar-refractivity contribution in [3.63, 3.8) is 0 Å². The first-order valence-electron chi connectivity index (χ1n) is 7.33. The zero-order valence-corrected chi connectivity index (χ0v) is 14.6. The number of aryl methyl sites for hydroxylation is 4. The van der Waals surface area contributed by atoms with Crippen LogP contribution in [0.3, 0.4) is 0 Å². The first-order valence-corrected chi connectivity index (χ1v) is 7.33. The molecular weight excluding hydrogens is 340 g/mol. The van der Waals surface area contributed by atoms with Crippen molar-refractivity contribution < 1.29 is 9.85 Å². The Morgan fingerprint density at radius 3 is 1.27 bits per heavy atom. The minimum atomic E-state index is -0.560. The summed E-state index contributed by atoms with van der Waals surface area (Å²) in [5, 5.41) is 38.2. The van der Waals surface area contributed by atoms with Crippen LogP contribution in [-0.4, -0.2) is 9.85 Å². The van der Waals surface area contributed by atoms with Gasteiger partial charge in [-0.25, -0.2) is 0 Å². The molecule has 0 saturated heterocycles. The average Bonchev–Trinajstić information content (AvgIpc) is 2.54. The maximum Gasteiger partial charge on any atom is 0.463 e. The highest BCUT2D eigenvalue weighted by Crippen LogP contribution is 2.32. The summed E-state index contributed by atoms with van der Waals surface area (Å²) in [5.41, 5.74) is 2.45. The molecule has 0 amide bonds. The third-order valence-electron chi connectivity index (χ3n) is 3.44. The van der Waals surface area contributed by atoms with Gasteiger partial charge in [-0.05, 0) is 51.0 Å². The number of diazo groups is 2. The van der Waals surface area contributed by atoms with Crippen LogP contribution in [0.5, 0.6) is 0 Å². The largest absolute Gasteiger partial charge is 0.463 e. The van der Waals surface area contributed by atoms with E-state index in [0.717, 1.165) is 11.1 Å². The second-order valence-corrected chi connectivity index (χ2v) is 5.61. The summed E-state index contributed by atoms with van der Waals surface area (Å²) in [5.74, 6) is 0. The molecule has 10 heteroatoms. The molecule has 0 aliphatic carbocycles. The van der Waals surface area contributed by atoms with Gasteiger partial charge in [-0.3, -0.25) is 20.2 Å². The van der Waals surface area contributed by atoms with Gasteiger partial charge in [0.2, 0.25) is 10.8 Å². The summed E-state index contributed by atoms with van der Waals surface area (Å²) < 4.78 is 0. The van der Waals surface area contributed by atoms with Gasteiger partial charge in [0.05, 0.1) is 21.0 Å². The molecule has 0 heterocycles. The average molecular weight is 356 g/mol. The zero-order chi connectivity index (χ0) is 20.0. The Morgan fingerprint density at radius 2 is 1.04 bits per heavy atom. The van der Waals surface area contributed by atoms with E-state index >= 15 is 0 Å². The van der Waals surface area contributed by atoms with Gasteiger partial charge in [-0.1, -0.05) is 0 Å². The Labute approximate surface area is 148 Å². The highest BCUT2D eigenvalue weighted by molar-refractivity contribution is 5.68. The van der Waals surface area contributed by atoms with E-state index in [2.05, 4.69) is 9.95 Å². The molecule has 0 saturated carbocycles. The van der Waals surface area contributed by atoms with Crippen LogP contribution in [0.25, 0.3) is 9.95 Å². The molecule has 132 valence electrons. The second kappa shape index (κ2) is 8.26. The number of hydrogen-bond donors (Lipinski definition) is 0. The van der Waals surface area contributed by atoms with Crippen LogP contribution >= 0.6 is 0 Å². The molecule has 2 aromatic rings. The van der Waals surface area contributed by atoms with Gasteiger partial charge in [0.25, 0.3) is 0 Å². The Hall–Kier alpha value is -3.92. The highest BCUT2D eigenvalue weighted by Gasteiger charge is 2.28. The summed E-state index contributed by atoms with van der Waals surface area (Å²) in [7, 11) is 0. The molecule has 0 fully saturated rings. The van der Waals surface area contributed by atoms with E-state index in [9.17, 15) is 20.2 Å². The van der Waals surface area contributed by atoms with Gasteiger partial charge in [0.1, 0.15) is 0 Å². The molecule has 10 nitrogen and oxygen atoms in total. The van der Waals surface area contributed by atoms with Crippen LogP contribution in [0.2, 0.25) is 0 Å². The Morgan fingerprint density at radius 1 is 0.731 bits per heavy atom. The van der Waals surface area contributed by atoms with E-state index in [4.69, 9.17) is 10.8 Å². The van der Waals surface area contributed by atoms with E-state index in [0.29, 0.717) is 11.1 Å². The summed E-state index contributed by atoms with van der Waals surface area (Å²) in [6.07, 6.45) is 0.